The standard InChI is InChI=1S/C7H10F6S/c1-5(4-7(11,12)13)14-3-2-6(8,9)10/h5H,2-4H2,1H3. The van der Waals surface area contributed by atoms with E-state index in [-0.39, 0.29) is 5.75 Å². The van der Waals surface area contributed by atoms with E-state index >= 15 is 0 Å². The SMILES string of the molecule is CC(CC(F)(F)F)SCCC(F)(F)F. The molecular formula is C7H10F6S. The Kier molecular flexibility index (Phi) is 5.11. The molecule has 0 heterocycles. The van der Waals surface area contributed by atoms with Crippen LogP contribution < -0.4 is 0 Å². The highest BCUT2D eigenvalue weighted by atomic mass is 32.2. The minimum atomic E-state index is -4.30. The minimum absolute atomic E-state index is 0.319. The molecule has 0 spiro atoms. The second-order valence-electron chi connectivity index (χ2n) is 2.87. The maximum Gasteiger partial charge on any atom is 0.390 e. The summed E-state index contributed by atoms with van der Waals surface area (Å²) < 4.78 is 70.0. The molecule has 0 amide bonds. The van der Waals surface area contributed by atoms with Gasteiger partial charge in [0.1, 0.15) is 0 Å². The van der Waals surface area contributed by atoms with Crippen molar-refractivity contribution in [1.82, 2.24) is 0 Å². The van der Waals surface area contributed by atoms with Crippen LogP contribution >= 0.6 is 11.8 Å². The van der Waals surface area contributed by atoms with Crippen molar-refractivity contribution >= 4 is 11.8 Å². The first-order chi connectivity index (χ1) is 6.10. The van der Waals surface area contributed by atoms with E-state index in [9.17, 15) is 26.3 Å². The van der Waals surface area contributed by atoms with Crippen LogP contribution in [-0.2, 0) is 0 Å². The highest BCUT2D eigenvalue weighted by Gasteiger charge is 2.31. The summed E-state index contributed by atoms with van der Waals surface area (Å²) in [6, 6.07) is 0. The molecule has 0 fully saturated rings. The van der Waals surface area contributed by atoms with Crippen molar-refractivity contribution in [2.24, 2.45) is 0 Å². The monoisotopic (exact) mass is 240 g/mol. The predicted octanol–water partition coefficient (Wildman–Crippen LogP) is 4.01. The molecule has 7 heteroatoms. The lowest BCUT2D eigenvalue weighted by Gasteiger charge is -2.13. The van der Waals surface area contributed by atoms with Gasteiger partial charge in [-0.15, -0.1) is 0 Å². The Morgan fingerprint density at radius 1 is 1.00 bits per heavy atom. The fourth-order valence-corrected chi connectivity index (χ4v) is 1.82. The van der Waals surface area contributed by atoms with Crippen LogP contribution in [0, 0.1) is 0 Å². The van der Waals surface area contributed by atoms with Gasteiger partial charge in [-0.2, -0.15) is 38.1 Å². The van der Waals surface area contributed by atoms with Crippen LogP contribution in [0.2, 0.25) is 0 Å². The van der Waals surface area contributed by atoms with E-state index < -0.39 is 30.4 Å². The van der Waals surface area contributed by atoms with E-state index in [0.717, 1.165) is 0 Å². The van der Waals surface area contributed by atoms with Crippen LogP contribution in [0.4, 0.5) is 26.3 Å². The Balaban J connectivity index is 3.60. The summed E-state index contributed by atoms with van der Waals surface area (Å²) >= 11 is 0.690. The van der Waals surface area contributed by atoms with Gasteiger partial charge in [-0.1, -0.05) is 6.92 Å². The molecule has 0 aromatic heterocycles. The zero-order valence-corrected chi connectivity index (χ0v) is 8.19. The Hall–Kier alpha value is -0.0700. The minimum Gasteiger partial charge on any atom is -0.171 e. The van der Waals surface area contributed by atoms with E-state index in [1.165, 1.54) is 6.92 Å². The predicted molar refractivity (Wildman–Crippen MR) is 43.3 cm³/mol. The molecule has 0 radical (unpaired) electrons. The molecule has 0 aromatic carbocycles. The maximum atomic E-state index is 11.7. The lowest BCUT2D eigenvalue weighted by atomic mass is 10.3. The van der Waals surface area contributed by atoms with Crippen molar-refractivity contribution in [3.8, 4) is 0 Å². The zero-order chi connectivity index (χ0) is 11.4. The third kappa shape index (κ3) is 10.0. The molecule has 1 unspecified atom stereocenters. The first kappa shape index (κ1) is 13.9. The fraction of sp³-hybridized carbons (Fsp3) is 1.00. The third-order valence-corrected chi connectivity index (χ3v) is 2.48. The highest BCUT2D eigenvalue weighted by molar-refractivity contribution is 7.99. The maximum absolute atomic E-state index is 11.7. The quantitative estimate of drug-likeness (QED) is 0.669. The smallest absolute Gasteiger partial charge is 0.171 e. The summed E-state index contributed by atoms with van der Waals surface area (Å²) in [7, 11) is 0. The Labute approximate surface area is 82.0 Å². The van der Waals surface area contributed by atoms with Crippen molar-refractivity contribution in [3.63, 3.8) is 0 Å². The highest BCUT2D eigenvalue weighted by Crippen LogP contribution is 2.29. The van der Waals surface area contributed by atoms with Crippen molar-refractivity contribution in [2.75, 3.05) is 5.75 Å². The fourth-order valence-electron chi connectivity index (χ4n) is 0.761. The van der Waals surface area contributed by atoms with E-state index in [2.05, 4.69) is 0 Å². The topological polar surface area (TPSA) is 0 Å². The molecule has 0 rings (SSSR count). The largest absolute Gasteiger partial charge is 0.390 e. The Bertz CT molecular complexity index is 161. The number of halogens is 6. The summed E-state index contributed by atoms with van der Waals surface area (Å²) in [5.41, 5.74) is 0. The first-order valence-electron chi connectivity index (χ1n) is 3.85. The van der Waals surface area contributed by atoms with Gasteiger partial charge in [0.2, 0.25) is 0 Å². The summed E-state index contributed by atoms with van der Waals surface area (Å²) in [6.45, 7) is 1.27. The van der Waals surface area contributed by atoms with Gasteiger partial charge < -0.3 is 0 Å². The van der Waals surface area contributed by atoms with Crippen molar-refractivity contribution in [1.29, 1.82) is 0 Å². The third-order valence-electron chi connectivity index (χ3n) is 1.31. The molecule has 14 heavy (non-hydrogen) atoms. The number of hydrogen-bond acceptors (Lipinski definition) is 1. The average molecular weight is 240 g/mol. The molecule has 0 nitrogen and oxygen atoms in total. The lowest BCUT2D eigenvalue weighted by molar-refractivity contribution is -0.133. The summed E-state index contributed by atoms with van der Waals surface area (Å²) in [5.74, 6) is -0.319. The van der Waals surface area contributed by atoms with Gasteiger partial charge >= 0.3 is 12.4 Å². The molecule has 0 aromatic rings. The molecule has 0 bridgehead atoms. The van der Waals surface area contributed by atoms with Crippen LogP contribution in [0.25, 0.3) is 0 Å². The molecule has 0 saturated heterocycles. The van der Waals surface area contributed by atoms with Gasteiger partial charge in [-0.3, -0.25) is 0 Å². The first-order valence-corrected chi connectivity index (χ1v) is 4.90. The number of thioether (sulfide) groups is 1. The number of hydrogen-bond donors (Lipinski definition) is 0. The molecule has 0 saturated carbocycles. The van der Waals surface area contributed by atoms with Crippen LogP contribution in [0.3, 0.4) is 0 Å². The van der Waals surface area contributed by atoms with Gasteiger partial charge in [0.05, 0.1) is 12.8 Å². The molecule has 0 N–H and O–H groups in total. The molecule has 86 valence electrons. The van der Waals surface area contributed by atoms with E-state index in [1.807, 2.05) is 0 Å². The second-order valence-corrected chi connectivity index (χ2v) is 4.41. The van der Waals surface area contributed by atoms with E-state index in [4.69, 9.17) is 0 Å². The van der Waals surface area contributed by atoms with Gasteiger partial charge in [0, 0.05) is 11.0 Å². The van der Waals surface area contributed by atoms with Gasteiger partial charge in [0.15, 0.2) is 0 Å². The van der Waals surface area contributed by atoms with E-state index in [0.29, 0.717) is 11.8 Å². The Morgan fingerprint density at radius 3 is 1.86 bits per heavy atom. The number of alkyl halides is 6. The molecule has 0 aliphatic heterocycles. The normalized spacial score (nSPS) is 15.6. The molecule has 0 aliphatic carbocycles. The molecular weight excluding hydrogens is 230 g/mol. The summed E-state index contributed by atoms with van der Waals surface area (Å²) in [6.07, 6.45) is -10.7. The van der Waals surface area contributed by atoms with Crippen LogP contribution in [0.5, 0.6) is 0 Å². The van der Waals surface area contributed by atoms with Gasteiger partial charge in [-0.25, -0.2) is 0 Å². The van der Waals surface area contributed by atoms with Crippen LogP contribution in [0.15, 0.2) is 0 Å². The van der Waals surface area contributed by atoms with Crippen LogP contribution in [0.1, 0.15) is 19.8 Å². The van der Waals surface area contributed by atoms with Crippen LogP contribution in [-0.4, -0.2) is 23.4 Å². The Morgan fingerprint density at radius 2 is 1.50 bits per heavy atom. The average Bonchev–Trinajstić information content (AvgIpc) is 1.78. The lowest BCUT2D eigenvalue weighted by Crippen LogP contribution is -2.16. The van der Waals surface area contributed by atoms with E-state index in [1.54, 1.807) is 0 Å². The zero-order valence-electron chi connectivity index (χ0n) is 7.37. The van der Waals surface area contributed by atoms with Gasteiger partial charge in [-0.05, 0) is 0 Å². The second kappa shape index (κ2) is 5.14. The number of rotatable bonds is 4. The molecule has 1 atom stereocenters. The van der Waals surface area contributed by atoms with Crippen molar-refractivity contribution < 1.29 is 26.3 Å². The molecule has 0 aliphatic rings. The summed E-state index contributed by atoms with van der Waals surface area (Å²) in [5, 5.41) is -0.822. The van der Waals surface area contributed by atoms with Crippen molar-refractivity contribution in [3.05, 3.63) is 0 Å². The summed E-state index contributed by atoms with van der Waals surface area (Å²) in [4.78, 5) is 0. The van der Waals surface area contributed by atoms with Crippen molar-refractivity contribution in [2.45, 2.75) is 37.4 Å². The van der Waals surface area contributed by atoms with Gasteiger partial charge in [0.25, 0.3) is 0 Å².